The molecule has 0 spiro atoms. The fraction of sp³-hybridized carbons (Fsp3) is 0.280. The van der Waals surface area contributed by atoms with Gasteiger partial charge in [-0.3, -0.25) is 0 Å². The van der Waals surface area contributed by atoms with Crippen LogP contribution in [-0.2, 0) is 7.05 Å². The monoisotopic (exact) mass is 353 g/mol. The van der Waals surface area contributed by atoms with Crippen LogP contribution in [-0.4, -0.2) is 4.57 Å². The second kappa shape index (κ2) is 5.63. The van der Waals surface area contributed by atoms with E-state index in [0.717, 1.165) is 11.2 Å². The van der Waals surface area contributed by atoms with Crippen molar-refractivity contribution in [1.82, 2.24) is 4.57 Å². The summed E-state index contributed by atoms with van der Waals surface area (Å²) < 4.78 is 8.83. The molecule has 0 aliphatic heterocycles. The van der Waals surface area contributed by atoms with Crippen LogP contribution in [0.1, 0.15) is 43.6 Å². The highest BCUT2D eigenvalue weighted by Gasteiger charge is 2.24. The lowest BCUT2D eigenvalue weighted by atomic mass is 9.83. The maximum absolute atomic E-state index is 6.48. The minimum Gasteiger partial charge on any atom is -0.456 e. The Morgan fingerprint density at radius 3 is 2.44 bits per heavy atom. The van der Waals surface area contributed by atoms with Gasteiger partial charge in [-0.1, -0.05) is 55.7 Å². The van der Waals surface area contributed by atoms with E-state index in [1.807, 2.05) is 0 Å². The lowest BCUT2D eigenvalue weighted by Gasteiger charge is -2.22. The van der Waals surface area contributed by atoms with Gasteiger partial charge in [-0.25, -0.2) is 0 Å². The second-order valence-corrected chi connectivity index (χ2v) is 8.08. The van der Waals surface area contributed by atoms with E-state index in [-0.39, 0.29) is 0 Å². The molecule has 0 amide bonds. The van der Waals surface area contributed by atoms with Gasteiger partial charge in [-0.05, 0) is 42.5 Å². The van der Waals surface area contributed by atoms with E-state index in [1.165, 1.54) is 70.2 Å². The van der Waals surface area contributed by atoms with Crippen molar-refractivity contribution in [1.29, 1.82) is 0 Å². The van der Waals surface area contributed by atoms with Crippen molar-refractivity contribution >= 4 is 43.7 Å². The number of para-hydroxylation sites is 2. The minimum absolute atomic E-state index is 0.616. The van der Waals surface area contributed by atoms with E-state index < -0.39 is 0 Å². The second-order valence-electron chi connectivity index (χ2n) is 8.08. The molecule has 1 saturated carbocycles. The van der Waals surface area contributed by atoms with Crippen LogP contribution in [0.3, 0.4) is 0 Å². The maximum Gasteiger partial charge on any atom is 0.141 e. The Hall–Kier alpha value is -2.74. The van der Waals surface area contributed by atoms with Gasteiger partial charge in [-0.2, -0.15) is 0 Å². The Morgan fingerprint density at radius 1 is 0.852 bits per heavy atom. The molecular weight excluding hydrogens is 330 g/mol. The molecule has 1 aliphatic carbocycles. The van der Waals surface area contributed by atoms with E-state index in [9.17, 15) is 0 Å². The van der Waals surface area contributed by atoms with Crippen LogP contribution >= 0.6 is 0 Å². The Morgan fingerprint density at radius 2 is 1.59 bits per heavy atom. The summed E-state index contributed by atoms with van der Waals surface area (Å²) in [7, 11) is 2.19. The molecular formula is C25H23NO. The summed E-state index contributed by atoms with van der Waals surface area (Å²) in [6, 6.07) is 19.7. The topological polar surface area (TPSA) is 18.1 Å². The van der Waals surface area contributed by atoms with E-state index >= 15 is 0 Å². The molecule has 27 heavy (non-hydrogen) atoms. The number of fused-ring (bicyclic) bond motifs is 7. The van der Waals surface area contributed by atoms with Crippen LogP contribution in [0.5, 0.6) is 0 Å². The zero-order chi connectivity index (χ0) is 18.0. The fourth-order valence-electron chi connectivity index (χ4n) is 5.29. The number of furan rings is 1. The zero-order valence-electron chi connectivity index (χ0n) is 15.7. The molecule has 6 rings (SSSR count). The lowest BCUT2D eigenvalue weighted by Crippen LogP contribution is -2.05. The van der Waals surface area contributed by atoms with Crippen LogP contribution in [0.15, 0.2) is 59.0 Å². The van der Waals surface area contributed by atoms with Gasteiger partial charge >= 0.3 is 0 Å². The molecule has 134 valence electrons. The summed E-state index contributed by atoms with van der Waals surface area (Å²) in [5.41, 5.74) is 6.13. The van der Waals surface area contributed by atoms with Crippen molar-refractivity contribution in [3.63, 3.8) is 0 Å². The van der Waals surface area contributed by atoms with Crippen molar-refractivity contribution in [2.24, 2.45) is 7.05 Å². The molecule has 2 aromatic heterocycles. The smallest absolute Gasteiger partial charge is 0.141 e. The summed E-state index contributed by atoms with van der Waals surface area (Å²) in [5.74, 6) is 0.616. The standard InChI is InChI=1S/C25H23NO/c1-26-21-13-7-5-11-17(21)20-15-19(16-9-3-2-4-10-16)25-23(24(20)26)18-12-6-8-14-22(18)27-25/h5-8,11-16H,2-4,9-10H2,1H3. The number of benzene rings is 3. The molecule has 1 fully saturated rings. The third-order valence-corrected chi connectivity index (χ3v) is 6.59. The minimum atomic E-state index is 0.616. The Bertz CT molecular complexity index is 1310. The third-order valence-electron chi connectivity index (χ3n) is 6.59. The largest absolute Gasteiger partial charge is 0.456 e. The first-order valence-electron chi connectivity index (χ1n) is 10.1. The van der Waals surface area contributed by atoms with E-state index in [2.05, 4.69) is 66.2 Å². The first-order chi connectivity index (χ1) is 13.3. The van der Waals surface area contributed by atoms with Gasteiger partial charge in [0.2, 0.25) is 0 Å². The van der Waals surface area contributed by atoms with Crippen molar-refractivity contribution < 1.29 is 4.42 Å². The van der Waals surface area contributed by atoms with E-state index in [4.69, 9.17) is 4.42 Å². The normalized spacial score (nSPS) is 16.2. The van der Waals surface area contributed by atoms with Crippen LogP contribution in [0.25, 0.3) is 43.7 Å². The molecule has 0 unspecified atom stereocenters. The van der Waals surface area contributed by atoms with Crippen molar-refractivity contribution in [2.75, 3.05) is 0 Å². The summed E-state index contributed by atoms with van der Waals surface area (Å²) in [4.78, 5) is 0. The number of aromatic nitrogens is 1. The predicted octanol–water partition coefficient (Wildman–Crippen LogP) is 7.28. The number of rotatable bonds is 1. The Balaban J connectivity index is 1.85. The number of nitrogens with zero attached hydrogens (tertiary/aromatic N) is 1. The summed E-state index contributed by atoms with van der Waals surface area (Å²) >= 11 is 0. The van der Waals surface area contributed by atoms with Gasteiger partial charge in [0.05, 0.1) is 10.9 Å². The average Bonchev–Trinajstić information content (AvgIpc) is 3.24. The van der Waals surface area contributed by atoms with Crippen molar-refractivity contribution in [3.8, 4) is 0 Å². The Labute approximate surface area is 158 Å². The first kappa shape index (κ1) is 15.3. The summed E-state index contributed by atoms with van der Waals surface area (Å²) in [6.07, 6.45) is 6.60. The van der Waals surface area contributed by atoms with E-state index in [1.54, 1.807) is 0 Å². The van der Waals surface area contributed by atoms with Gasteiger partial charge in [0.25, 0.3) is 0 Å². The maximum atomic E-state index is 6.48. The Kier molecular flexibility index (Phi) is 3.19. The molecule has 0 radical (unpaired) electrons. The molecule has 0 N–H and O–H groups in total. The van der Waals surface area contributed by atoms with Crippen LogP contribution in [0, 0.1) is 0 Å². The fourth-order valence-corrected chi connectivity index (χ4v) is 5.29. The lowest BCUT2D eigenvalue weighted by molar-refractivity contribution is 0.442. The summed E-state index contributed by atoms with van der Waals surface area (Å²) in [5, 5.41) is 5.25. The predicted molar refractivity (Wildman–Crippen MR) is 114 cm³/mol. The molecule has 0 bridgehead atoms. The highest BCUT2D eigenvalue weighted by atomic mass is 16.3. The molecule has 1 aliphatic rings. The van der Waals surface area contributed by atoms with Gasteiger partial charge in [0.1, 0.15) is 11.2 Å². The van der Waals surface area contributed by atoms with Crippen LogP contribution < -0.4 is 0 Å². The van der Waals surface area contributed by atoms with Gasteiger partial charge in [-0.15, -0.1) is 0 Å². The van der Waals surface area contributed by atoms with Crippen molar-refractivity contribution in [2.45, 2.75) is 38.0 Å². The molecule has 0 saturated heterocycles. The molecule has 5 aromatic rings. The van der Waals surface area contributed by atoms with E-state index in [0.29, 0.717) is 5.92 Å². The number of aryl methyl sites for hydroxylation is 1. The molecule has 2 heteroatoms. The van der Waals surface area contributed by atoms with Gasteiger partial charge < -0.3 is 8.98 Å². The first-order valence-corrected chi connectivity index (χ1v) is 10.1. The molecule has 2 heterocycles. The van der Waals surface area contributed by atoms with Gasteiger partial charge in [0, 0.05) is 28.7 Å². The quantitative estimate of drug-likeness (QED) is 0.310. The van der Waals surface area contributed by atoms with Crippen molar-refractivity contribution in [3.05, 3.63) is 60.2 Å². The van der Waals surface area contributed by atoms with Crippen LogP contribution in [0.2, 0.25) is 0 Å². The summed E-state index contributed by atoms with van der Waals surface area (Å²) in [6.45, 7) is 0. The molecule has 2 nitrogen and oxygen atoms in total. The third kappa shape index (κ3) is 2.07. The molecule has 3 aromatic carbocycles. The van der Waals surface area contributed by atoms with Crippen LogP contribution in [0.4, 0.5) is 0 Å². The van der Waals surface area contributed by atoms with Gasteiger partial charge in [0.15, 0.2) is 0 Å². The highest BCUT2D eigenvalue weighted by Crippen LogP contribution is 2.45. The number of hydrogen-bond donors (Lipinski definition) is 0. The average molecular weight is 353 g/mol. The zero-order valence-corrected chi connectivity index (χ0v) is 15.7. The molecule has 0 atom stereocenters. The highest BCUT2D eigenvalue weighted by molar-refractivity contribution is 6.24. The SMILES string of the molecule is Cn1c2ccccc2c2cc(C3CCCCC3)c3oc4ccccc4c3c21. The number of hydrogen-bond acceptors (Lipinski definition) is 1.